The van der Waals surface area contributed by atoms with Crippen molar-refractivity contribution >= 4 is 11.0 Å². The number of hydrogen-bond acceptors (Lipinski definition) is 5. The Morgan fingerprint density at radius 1 is 1.07 bits per heavy atom. The van der Waals surface area contributed by atoms with Gasteiger partial charge in [-0.25, -0.2) is 15.0 Å². The largest absolute Gasteiger partial charge is 0.330 e. The van der Waals surface area contributed by atoms with Crippen molar-refractivity contribution in [3.8, 4) is 11.4 Å². The summed E-state index contributed by atoms with van der Waals surface area (Å²) in [5.41, 5.74) is 5.20. The average Bonchev–Trinajstić information content (AvgIpc) is 3.03. The van der Waals surface area contributed by atoms with Crippen LogP contribution >= 0.6 is 0 Å². The number of aromatic nitrogens is 5. The molecule has 4 rings (SSSR count). The highest BCUT2D eigenvalue weighted by Gasteiger charge is 2.13. The van der Waals surface area contributed by atoms with Crippen molar-refractivity contribution in [2.45, 2.75) is 26.4 Å². The van der Waals surface area contributed by atoms with Crippen LogP contribution in [0.15, 0.2) is 55.0 Å². The third kappa shape index (κ3) is 3.44. The molecule has 4 aromatic rings. The maximum atomic E-state index is 4.72. The van der Waals surface area contributed by atoms with Crippen molar-refractivity contribution in [3.05, 3.63) is 72.1 Å². The zero-order valence-corrected chi connectivity index (χ0v) is 15.7. The Kier molecular flexibility index (Phi) is 4.64. The molecule has 1 N–H and O–H groups in total. The molecule has 0 aliphatic carbocycles. The Labute approximate surface area is 158 Å². The summed E-state index contributed by atoms with van der Waals surface area (Å²) in [7, 11) is 2.05. The van der Waals surface area contributed by atoms with E-state index in [4.69, 9.17) is 4.98 Å². The second kappa shape index (κ2) is 7.25. The molecule has 1 unspecified atom stereocenters. The lowest BCUT2D eigenvalue weighted by Crippen LogP contribution is -2.21. The van der Waals surface area contributed by atoms with E-state index in [0.717, 1.165) is 39.5 Å². The van der Waals surface area contributed by atoms with Crippen molar-refractivity contribution < 1.29 is 0 Å². The summed E-state index contributed by atoms with van der Waals surface area (Å²) in [5, 5.41) is 3.54. The summed E-state index contributed by atoms with van der Waals surface area (Å²) in [6, 6.07) is 12.1. The van der Waals surface area contributed by atoms with E-state index in [1.54, 1.807) is 12.4 Å². The topological polar surface area (TPSA) is 68.5 Å². The minimum Gasteiger partial charge on any atom is -0.330 e. The molecule has 136 valence electrons. The van der Waals surface area contributed by atoms with E-state index in [-0.39, 0.29) is 6.04 Å². The van der Waals surface area contributed by atoms with Crippen LogP contribution in [-0.4, -0.2) is 24.5 Å². The molecule has 0 aliphatic heterocycles. The third-order valence-electron chi connectivity index (χ3n) is 4.87. The first-order chi connectivity index (χ1) is 13.1. The van der Waals surface area contributed by atoms with Gasteiger partial charge < -0.3 is 9.88 Å². The standard InChI is InChI=1S/C21H22N6/c1-14(23-13-20-26-18-6-4-5-7-19(18)27(20)3)17-12-24-21(25-15(17)2)16-8-10-22-11-9-16/h4-12,14,23H,13H2,1-3H3. The molecule has 0 radical (unpaired) electrons. The molecule has 0 saturated carbocycles. The number of imidazole rings is 1. The number of nitrogens with one attached hydrogen (secondary N) is 1. The van der Waals surface area contributed by atoms with Crippen LogP contribution in [0.3, 0.4) is 0 Å². The summed E-state index contributed by atoms with van der Waals surface area (Å²) < 4.78 is 2.13. The van der Waals surface area contributed by atoms with Gasteiger partial charge in [0, 0.05) is 48.5 Å². The van der Waals surface area contributed by atoms with Crippen LogP contribution in [0, 0.1) is 6.92 Å². The minimum absolute atomic E-state index is 0.122. The van der Waals surface area contributed by atoms with Gasteiger partial charge >= 0.3 is 0 Å². The van der Waals surface area contributed by atoms with E-state index in [0.29, 0.717) is 6.54 Å². The average molecular weight is 358 g/mol. The van der Waals surface area contributed by atoms with Crippen LogP contribution in [0.5, 0.6) is 0 Å². The van der Waals surface area contributed by atoms with Crippen LogP contribution in [0.1, 0.15) is 30.0 Å². The lowest BCUT2D eigenvalue weighted by molar-refractivity contribution is 0.545. The van der Waals surface area contributed by atoms with E-state index >= 15 is 0 Å². The first-order valence-corrected chi connectivity index (χ1v) is 9.01. The monoisotopic (exact) mass is 358 g/mol. The highest BCUT2D eigenvalue weighted by molar-refractivity contribution is 5.75. The summed E-state index contributed by atoms with van der Waals surface area (Å²) in [4.78, 5) is 18.0. The van der Waals surface area contributed by atoms with Gasteiger partial charge in [0.15, 0.2) is 5.82 Å². The molecule has 0 aliphatic rings. The number of pyridine rings is 1. The molecule has 0 amide bonds. The molecule has 1 atom stereocenters. The molecule has 3 heterocycles. The second-order valence-corrected chi connectivity index (χ2v) is 6.65. The van der Waals surface area contributed by atoms with Crippen molar-refractivity contribution in [2.75, 3.05) is 0 Å². The number of benzene rings is 1. The van der Waals surface area contributed by atoms with Crippen molar-refractivity contribution in [3.63, 3.8) is 0 Å². The van der Waals surface area contributed by atoms with Gasteiger partial charge in [0.1, 0.15) is 5.82 Å². The Balaban J connectivity index is 1.51. The Morgan fingerprint density at radius 3 is 2.59 bits per heavy atom. The van der Waals surface area contributed by atoms with E-state index in [2.05, 4.69) is 44.9 Å². The van der Waals surface area contributed by atoms with Crippen LogP contribution < -0.4 is 5.32 Å². The number of aryl methyl sites for hydroxylation is 2. The van der Waals surface area contributed by atoms with Crippen LogP contribution in [-0.2, 0) is 13.6 Å². The second-order valence-electron chi connectivity index (χ2n) is 6.65. The first-order valence-electron chi connectivity index (χ1n) is 9.01. The van der Waals surface area contributed by atoms with E-state index in [9.17, 15) is 0 Å². The highest BCUT2D eigenvalue weighted by atomic mass is 15.1. The molecular formula is C21H22N6. The molecule has 3 aromatic heterocycles. The minimum atomic E-state index is 0.122. The lowest BCUT2D eigenvalue weighted by Gasteiger charge is -2.16. The van der Waals surface area contributed by atoms with Gasteiger partial charge in [-0.2, -0.15) is 0 Å². The molecule has 27 heavy (non-hydrogen) atoms. The SMILES string of the molecule is Cc1nc(-c2ccncc2)ncc1C(C)NCc1nc2ccccc2n1C. The molecule has 1 aromatic carbocycles. The molecule has 0 bridgehead atoms. The molecule has 0 saturated heterocycles. The summed E-state index contributed by atoms with van der Waals surface area (Å²) in [5.74, 6) is 1.73. The summed E-state index contributed by atoms with van der Waals surface area (Å²) in [6.07, 6.45) is 5.41. The summed E-state index contributed by atoms with van der Waals surface area (Å²) >= 11 is 0. The molecule has 0 fully saturated rings. The first kappa shape index (κ1) is 17.3. The van der Waals surface area contributed by atoms with Gasteiger partial charge in [-0.3, -0.25) is 4.98 Å². The number of para-hydroxylation sites is 2. The maximum Gasteiger partial charge on any atom is 0.159 e. The summed E-state index contributed by atoms with van der Waals surface area (Å²) in [6.45, 7) is 4.83. The highest BCUT2D eigenvalue weighted by Crippen LogP contribution is 2.20. The fourth-order valence-electron chi connectivity index (χ4n) is 3.25. The zero-order chi connectivity index (χ0) is 18.8. The van der Waals surface area contributed by atoms with Crippen molar-refractivity contribution in [1.29, 1.82) is 0 Å². The van der Waals surface area contributed by atoms with Crippen LogP contribution in [0.25, 0.3) is 22.4 Å². The zero-order valence-electron chi connectivity index (χ0n) is 15.7. The Bertz CT molecular complexity index is 1070. The van der Waals surface area contributed by atoms with Gasteiger partial charge in [-0.1, -0.05) is 12.1 Å². The third-order valence-corrected chi connectivity index (χ3v) is 4.87. The van der Waals surface area contributed by atoms with Crippen LogP contribution in [0.2, 0.25) is 0 Å². The van der Waals surface area contributed by atoms with Crippen molar-refractivity contribution in [2.24, 2.45) is 7.05 Å². The fourth-order valence-corrected chi connectivity index (χ4v) is 3.25. The lowest BCUT2D eigenvalue weighted by atomic mass is 10.1. The van der Waals surface area contributed by atoms with E-state index in [1.165, 1.54) is 0 Å². The van der Waals surface area contributed by atoms with E-state index < -0.39 is 0 Å². The Morgan fingerprint density at radius 2 is 1.85 bits per heavy atom. The van der Waals surface area contributed by atoms with Gasteiger partial charge in [-0.15, -0.1) is 0 Å². The number of nitrogens with zero attached hydrogens (tertiary/aromatic N) is 5. The maximum absolute atomic E-state index is 4.72. The van der Waals surface area contributed by atoms with Crippen LogP contribution in [0.4, 0.5) is 0 Å². The normalized spacial score (nSPS) is 12.4. The predicted octanol–water partition coefficient (Wildman–Crippen LogP) is 3.58. The number of rotatable bonds is 5. The Hall–Kier alpha value is -3.12. The molecule has 6 heteroatoms. The molecule has 0 spiro atoms. The molecular weight excluding hydrogens is 336 g/mol. The van der Waals surface area contributed by atoms with E-state index in [1.807, 2.05) is 43.5 Å². The number of fused-ring (bicyclic) bond motifs is 1. The number of hydrogen-bond donors (Lipinski definition) is 1. The fraction of sp³-hybridized carbons (Fsp3) is 0.238. The smallest absolute Gasteiger partial charge is 0.159 e. The van der Waals surface area contributed by atoms with Gasteiger partial charge in [0.05, 0.1) is 17.6 Å². The van der Waals surface area contributed by atoms with Gasteiger partial charge in [0.25, 0.3) is 0 Å². The van der Waals surface area contributed by atoms with Crippen molar-refractivity contribution in [1.82, 2.24) is 29.8 Å². The quantitative estimate of drug-likeness (QED) is 0.590. The van der Waals surface area contributed by atoms with Gasteiger partial charge in [-0.05, 0) is 38.1 Å². The predicted molar refractivity (Wildman–Crippen MR) is 106 cm³/mol. The molecule has 6 nitrogen and oxygen atoms in total. The van der Waals surface area contributed by atoms with Gasteiger partial charge in [0.2, 0.25) is 0 Å².